The quantitative estimate of drug-likeness (QED) is 0.868. The molecule has 0 amide bonds. The molecule has 0 saturated heterocycles. The molecule has 2 heterocycles. The Hall–Kier alpha value is -2.24. The van der Waals surface area contributed by atoms with Gasteiger partial charge in [-0.1, -0.05) is 6.92 Å². The van der Waals surface area contributed by atoms with Crippen LogP contribution >= 0.6 is 0 Å². The lowest BCUT2D eigenvalue weighted by molar-refractivity contribution is 0.909. The molecule has 0 saturated carbocycles. The van der Waals surface area contributed by atoms with Crippen molar-refractivity contribution < 1.29 is 0 Å². The van der Waals surface area contributed by atoms with Crippen LogP contribution in [0.4, 0.5) is 11.6 Å². The Morgan fingerprint density at radius 2 is 1.85 bits per heavy atom. The molecule has 0 unspecified atom stereocenters. The number of nitrogens with zero attached hydrogens (tertiary/aromatic N) is 4. The van der Waals surface area contributed by atoms with Gasteiger partial charge in [0.05, 0.1) is 12.2 Å². The van der Waals surface area contributed by atoms with Crippen molar-refractivity contribution in [3.63, 3.8) is 0 Å². The smallest absolute Gasteiger partial charge is 0.135 e. The van der Waals surface area contributed by atoms with Gasteiger partial charge < -0.3 is 10.6 Å². The number of hydrogen-bond donors (Lipinski definition) is 2. The van der Waals surface area contributed by atoms with E-state index >= 15 is 0 Å². The maximum absolute atomic E-state index is 4.53. The van der Waals surface area contributed by atoms with Crippen LogP contribution in [0.3, 0.4) is 0 Å². The molecule has 106 valence electrons. The fraction of sp³-hybridized carbons (Fsp3) is 0.429. The molecular formula is C14H20N6. The summed E-state index contributed by atoms with van der Waals surface area (Å²) < 4.78 is 0. The Kier molecular flexibility index (Phi) is 4.45. The van der Waals surface area contributed by atoms with Crippen LogP contribution in [0.15, 0.2) is 12.3 Å². The van der Waals surface area contributed by atoms with E-state index < -0.39 is 0 Å². The third-order valence-electron chi connectivity index (χ3n) is 3.02. The normalized spacial score (nSPS) is 10.4. The lowest BCUT2D eigenvalue weighted by Crippen LogP contribution is -2.10. The highest BCUT2D eigenvalue weighted by Crippen LogP contribution is 2.20. The van der Waals surface area contributed by atoms with Gasteiger partial charge in [0.15, 0.2) is 0 Å². The first-order valence-electron chi connectivity index (χ1n) is 6.71. The third-order valence-corrected chi connectivity index (χ3v) is 3.02. The van der Waals surface area contributed by atoms with Crippen LogP contribution in [0.2, 0.25) is 0 Å². The van der Waals surface area contributed by atoms with Crippen molar-refractivity contribution in [2.45, 2.75) is 33.7 Å². The summed E-state index contributed by atoms with van der Waals surface area (Å²) in [6.45, 7) is 6.54. The van der Waals surface area contributed by atoms with Crippen LogP contribution < -0.4 is 10.6 Å². The third kappa shape index (κ3) is 3.20. The predicted molar refractivity (Wildman–Crippen MR) is 79.8 cm³/mol. The van der Waals surface area contributed by atoms with Gasteiger partial charge in [-0.2, -0.15) is 0 Å². The number of aromatic nitrogens is 4. The molecule has 0 fully saturated rings. The van der Waals surface area contributed by atoms with E-state index in [1.54, 1.807) is 6.20 Å². The minimum Gasteiger partial charge on any atom is -0.373 e. The summed E-state index contributed by atoms with van der Waals surface area (Å²) in [7, 11) is 1.87. The Balaban J connectivity index is 2.20. The number of aryl methyl sites for hydroxylation is 2. The van der Waals surface area contributed by atoms with Crippen molar-refractivity contribution in [1.29, 1.82) is 0 Å². The Morgan fingerprint density at radius 3 is 2.50 bits per heavy atom. The second kappa shape index (κ2) is 6.27. The van der Waals surface area contributed by atoms with Gasteiger partial charge in [0.25, 0.3) is 0 Å². The molecule has 0 bridgehead atoms. The van der Waals surface area contributed by atoms with Crippen LogP contribution in [0.1, 0.15) is 29.8 Å². The highest BCUT2D eigenvalue weighted by atomic mass is 15.1. The van der Waals surface area contributed by atoms with Crippen molar-refractivity contribution >= 4 is 11.6 Å². The van der Waals surface area contributed by atoms with Crippen LogP contribution in [0, 0.1) is 13.8 Å². The molecule has 20 heavy (non-hydrogen) atoms. The van der Waals surface area contributed by atoms with E-state index in [1.807, 2.05) is 33.9 Å². The van der Waals surface area contributed by atoms with Crippen molar-refractivity contribution in [1.82, 2.24) is 19.9 Å². The zero-order chi connectivity index (χ0) is 14.5. The summed E-state index contributed by atoms with van der Waals surface area (Å²) in [4.78, 5) is 17.4. The molecule has 0 aromatic carbocycles. The fourth-order valence-corrected chi connectivity index (χ4v) is 1.91. The second-order valence-electron chi connectivity index (χ2n) is 4.51. The molecule has 2 N–H and O–H groups in total. The average molecular weight is 272 g/mol. The van der Waals surface area contributed by atoms with E-state index in [2.05, 4.69) is 30.6 Å². The van der Waals surface area contributed by atoms with Gasteiger partial charge in [-0.3, -0.25) is 0 Å². The van der Waals surface area contributed by atoms with Gasteiger partial charge in [-0.05, 0) is 19.9 Å². The van der Waals surface area contributed by atoms with Gasteiger partial charge in [0, 0.05) is 25.2 Å². The van der Waals surface area contributed by atoms with Crippen molar-refractivity contribution in [3.8, 4) is 0 Å². The minimum absolute atomic E-state index is 0.619. The lowest BCUT2D eigenvalue weighted by atomic mass is 10.2. The van der Waals surface area contributed by atoms with Gasteiger partial charge in [0.1, 0.15) is 23.3 Å². The summed E-state index contributed by atoms with van der Waals surface area (Å²) in [5, 5.41) is 6.43. The van der Waals surface area contributed by atoms with Crippen LogP contribution in [0.5, 0.6) is 0 Å². The first kappa shape index (κ1) is 14.2. The van der Waals surface area contributed by atoms with Gasteiger partial charge in [0.2, 0.25) is 0 Å². The number of rotatable bonds is 5. The molecule has 0 radical (unpaired) electrons. The van der Waals surface area contributed by atoms with E-state index in [9.17, 15) is 0 Å². The van der Waals surface area contributed by atoms with Crippen molar-refractivity contribution in [2.75, 3.05) is 17.7 Å². The standard InChI is InChI=1S/C14H20N6/c1-5-12-19-13(15-4)9(2)14(20-12)17-8-11-6-7-16-10(3)18-11/h6-7H,5,8H2,1-4H3,(H2,15,17,19,20). The molecule has 2 aromatic heterocycles. The minimum atomic E-state index is 0.619. The molecule has 2 rings (SSSR count). The molecule has 0 atom stereocenters. The topological polar surface area (TPSA) is 75.6 Å². The van der Waals surface area contributed by atoms with Crippen LogP contribution in [-0.4, -0.2) is 27.0 Å². The van der Waals surface area contributed by atoms with Crippen molar-refractivity contribution in [3.05, 3.63) is 35.2 Å². The predicted octanol–water partition coefficient (Wildman–Crippen LogP) is 2.10. The van der Waals surface area contributed by atoms with Crippen molar-refractivity contribution in [2.24, 2.45) is 0 Å². The maximum Gasteiger partial charge on any atom is 0.135 e. The number of anilines is 2. The van der Waals surface area contributed by atoms with Crippen LogP contribution in [0.25, 0.3) is 0 Å². The van der Waals surface area contributed by atoms with E-state index in [1.165, 1.54) is 0 Å². The van der Waals surface area contributed by atoms with Gasteiger partial charge in [-0.25, -0.2) is 19.9 Å². The average Bonchev–Trinajstić information content (AvgIpc) is 2.46. The molecule has 6 nitrogen and oxygen atoms in total. The van der Waals surface area contributed by atoms with E-state index in [4.69, 9.17) is 0 Å². The van der Waals surface area contributed by atoms with Gasteiger partial charge in [-0.15, -0.1) is 0 Å². The fourth-order valence-electron chi connectivity index (χ4n) is 1.91. The zero-order valence-electron chi connectivity index (χ0n) is 12.4. The summed E-state index contributed by atoms with van der Waals surface area (Å²) in [6.07, 6.45) is 2.57. The zero-order valence-corrected chi connectivity index (χ0v) is 12.4. The molecule has 6 heteroatoms. The monoisotopic (exact) mass is 272 g/mol. The Morgan fingerprint density at radius 1 is 1.10 bits per heavy atom. The highest BCUT2D eigenvalue weighted by Gasteiger charge is 2.09. The SMILES string of the molecule is CCc1nc(NC)c(C)c(NCc2ccnc(C)n2)n1. The van der Waals surface area contributed by atoms with E-state index in [0.29, 0.717) is 6.54 Å². The summed E-state index contributed by atoms with van der Waals surface area (Å²) >= 11 is 0. The molecule has 0 aliphatic heterocycles. The Labute approximate surface area is 119 Å². The molecular weight excluding hydrogens is 252 g/mol. The van der Waals surface area contributed by atoms with E-state index in [0.717, 1.165) is 41.0 Å². The molecule has 0 aliphatic carbocycles. The number of nitrogens with one attached hydrogen (secondary N) is 2. The molecule has 2 aromatic rings. The van der Waals surface area contributed by atoms with E-state index in [-0.39, 0.29) is 0 Å². The largest absolute Gasteiger partial charge is 0.373 e. The summed E-state index contributed by atoms with van der Waals surface area (Å²) in [5.41, 5.74) is 1.95. The summed E-state index contributed by atoms with van der Waals surface area (Å²) in [5.74, 6) is 3.30. The maximum atomic E-state index is 4.53. The summed E-state index contributed by atoms with van der Waals surface area (Å²) in [6, 6.07) is 1.90. The molecule has 0 aliphatic rings. The number of hydrogen-bond acceptors (Lipinski definition) is 6. The Bertz CT molecular complexity index is 596. The van der Waals surface area contributed by atoms with Crippen LogP contribution in [-0.2, 0) is 13.0 Å². The second-order valence-corrected chi connectivity index (χ2v) is 4.51. The lowest BCUT2D eigenvalue weighted by Gasteiger charge is -2.13. The first-order valence-corrected chi connectivity index (χ1v) is 6.71. The highest BCUT2D eigenvalue weighted by molar-refractivity contribution is 5.57. The molecule has 0 spiro atoms. The van der Waals surface area contributed by atoms with Gasteiger partial charge >= 0.3 is 0 Å². The first-order chi connectivity index (χ1) is 9.63.